The Morgan fingerprint density at radius 2 is 1.74 bits per heavy atom. The molecule has 0 aliphatic heterocycles. The normalized spacial score (nSPS) is 11.3. The van der Waals surface area contributed by atoms with E-state index in [2.05, 4.69) is 5.10 Å². The highest BCUT2D eigenvalue weighted by molar-refractivity contribution is 7.89. The molecule has 6 nitrogen and oxygen atoms in total. The summed E-state index contributed by atoms with van der Waals surface area (Å²) >= 11 is 0. The van der Waals surface area contributed by atoms with Crippen LogP contribution in [0.25, 0.3) is 16.9 Å². The Morgan fingerprint density at radius 3 is 2.39 bits per heavy atom. The van der Waals surface area contributed by atoms with Crippen molar-refractivity contribution in [3.8, 4) is 16.9 Å². The second-order valence-electron chi connectivity index (χ2n) is 4.85. The maximum Gasteiger partial charge on any atom is 0.238 e. The minimum absolute atomic E-state index is 0.0177. The van der Waals surface area contributed by atoms with E-state index in [1.54, 1.807) is 18.3 Å². The lowest BCUT2D eigenvalue weighted by Gasteiger charge is -2.12. The molecule has 23 heavy (non-hydrogen) atoms. The average Bonchev–Trinajstić information content (AvgIpc) is 3.03. The summed E-state index contributed by atoms with van der Waals surface area (Å²) in [6, 6.07) is 15.7. The molecule has 0 atom stereocenters. The summed E-state index contributed by atoms with van der Waals surface area (Å²) in [6.07, 6.45) is 2.06. The van der Waals surface area contributed by atoms with Crippen molar-refractivity contribution < 1.29 is 13.2 Å². The second kappa shape index (κ2) is 5.79. The fourth-order valence-corrected chi connectivity index (χ4v) is 3.13. The van der Waals surface area contributed by atoms with Crippen LogP contribution in [0.3, 0.4) is 0 Å². The third kappa shape index (κ3) is 2.79. The number of carbonyl (C=O) groups is 1. The third-order valence-electron chi connectivity index (χ3n) is 3.41. The second-order valence-corrected chi connectivity index (χ2v) is 6.38. The topological polar surface area (TPSA) is 95.1 Å². The highest BCUT2D eigenvalue weighted by Gasteiger charge is 2.19. The zero-order valence-electron chi connectivity index (χ0n) is 12.0. The lowest BCUT2D eigenvalue weighted by molar-refractivity contribution is 0.112. The summed E-state index contributed by atoms with van der Waals surface area (Å²) in [5.74, 6) is 0. The van der Waals surface area contributed by atoms with Crippen LogP contribution in [0.2, 0.25) is 0 Å². The van der Waals surface area contributed by atoms with Gasteiger partial charge in [-0.25, -0.2) is 18.2 Å². The number of hydrogen-bond acceptors (Lipinski definition) is 4. The molecule has 0 saturated carbocycles. The zero-order chi connectivity index (χ0) is 16.4. The summed E-state index contributed by atoms with van der Waals surface area (Å²) < 4.78 is 24.9. The molecule has 0 aliphatic rings. The van der Waals surface area contributed by atoms with E-state index >= 15 is 0 Å². The lowest BCUT2D eigenvalue weighted by atomic mass is 10.1. The van der Waals surface area contributed by atoms with Crippen molar-refractivity contribution in [1.29, 1.82) is 0 Å². The predicted molar refractivity (Wildman–Crippen MR) is 85.8 cm³/mol. The summed E-state index contributed by atoms with van der Waals surface area (Å²) in [7, 11) is -4.01. The minimum Gasteiger partial charge on any atom is -0.298 e. The number of hydrogen-bond donors (Lipinski definition) is 1. The Bertz CT molecular complexity index is 963. The third-order valence-corrected chi connectivity index (χ3v) is 4.38. The molecule has 0 radical (unpaired) electrons. The lowest BCUT2D eigenvalue weighted by Crippen LogP contribution is -2.16. The van der Waals surface area contributed by atoms with Crippen molar-refractivity contribution in [3.63, 3.8) is 0 Å². The molecule has 1 aromatic heterocycles. The van der Waals surface area contributed by atoms with Crippen LogP contribution < -0.4 is 5.14 Å². The fourth-order valence-electron chi connectivity index (χ4n) is 2.41. The average molecular weight is 327 g/mol. The molecule has 3 rings (SSSR count). The first-order valence-electron chi connectivity index (χ1n) is 6.73. The van der Waals surface area contributed by atoms with Crippen molar-refractivity contribution >= 4 is 16.3 Å². The smallest absolute Gasteiger partial charge is 0.238 e. The molecule has 116 valence electrons. The number of nitrogens with zero attached hydrogens (tertiary/aromatic N) is 2. The van der Waals surface area contributed by atoms with E-state index < -0.39 is 10.0 Å². The van der Waals surface area contributed by atoms with E-state index in [4.69, 9.17) is 5.14 Å². The van der Waals surface area contributed by atoms with Crippen LogP contribution in [0.4, 0.5) is 0 Å². The molecule has 0 fully saturated rings. The summed E-state index contributed by atoms with van der Waals surface area (Å²) in [4.78, 5) is 11.3. The van der Waals surface area contributed by atoms with Crippen LogP contribution in [-0.2, 0) is 10.0 Å². The molecule has 0 amide bonds. The number of nitrogens with two attached hydrogens (primary N) is 1. The van der Waals surface area contributed by atoms with Gasteiger partial charge < -0.3 is 0 Å². The molecule has 0 spiro atoms. The Balaban J connectivity index is 2.26. The summed E-state index contributed by atoms with van der Waals surface area (Å²) in [6.45, 7) is 0. The van der Waals surface area contributed by atoms with Crippen molar-refractivity contribution in [2.75, 3.05) is 0 Å². The van der Waals surface area contributed by atoms with E-state index in [1.807, 2.05) is 30.3 Å². The molecule has 0 unspecified atom stereocenters. The number of carbonyl (C=O) groups excluding carboxylic acids is 1. The van der Waals surface area contributed by atoms with Crippen LogP contribution in [0, 0.1) is 0 Å². The number of rotatable bonds is 4. The van der Waals surface area contributed by atoms with E-state index in [9.17, 15) is 13.2 Å². The van der Waals surface area contributed by atoms with E-state index in [-0.39, 0.29) is 10.5 Å². The molecule has 3 aromatic rings. The molecule has 0 saturated heterocycles. The molecule has 7 heteroatoms. The first-order valence-corrected chi connectivity index (χ1v) is 8.28. The molecule has 2 aromatic carbocycles. The highest BCUT2D eigenvalue weighted by Crippen LogP contribution is 2.26. The van der Waals surface area contributed by atoms with Crippen molar-refractivity contribution in [3.05, 3.63) is 66.4 Å². The maximum atomic E-state index is 11.7. The largest absolute Gasteiger partial charge is 0.298 e. The fraction of sp³-hybridized carbons (Fsp3) is 0. The van der Waals surface area contributed by atoms with Gasteiger partial charge in [0.1, 0.15) is 0 Å². The van der Waals surface area contributed by atoms with Crippen molar-refractivity contribution in [2.45, 2.75) is 4.90 Å². The van der Waals surface area contributed by atoms with Gasteiger partial charge in [0, 0.05) is 5.56 Å². The number of primary sulfonamides is 1. The monoisotopic (exact) mass is 327 g/mol. The van der Waals surface area contributed by atoms with Gasteiger partial charge in [0.05, 0.1) is 28.0 Å². The molecule has 2 N–H and O–H groups in total. The molecule has 0 bridgehead atoms. The Kier molecular flexibility index (Phi) is 3.81. The Morgan fingerprint density at radius 1 is 1.00 bits per heavy atom. The van der Waals surface area contributed by atoms with Crippen LogP contribution in [0.1, 0.15) is 10.4 Å². The van der Waals surface area contributed by atoms with Crippen LogP contribution >= 0.6 is 0 Å². The number of sulfonamides is 1. The van der Waals surface area contributed by atoms with Gasteiger partial charge in [-0.1, -0.05) is 36.4 Å². The van der Waals surface area contributed by atoms with Crippen LogP contribution in [-0.4, -0.2) is 24.5 Å². The molecule has 0 aliphatic carbocycles. The summed E-state index contributed by atoms with van der Waals surface area (Å²) in [5.41, 5.74) is 1.97. The van der Waals surface area contributed by atoms with Gasteiger partial charge in [0.25, 0.3) is 0 Å². The predicted octanol–water partition coefficient (Wildman–Crippen LogP) is 2.00. The van der Waals surface area contributed by atoms with E-state index in [1.165, 1.54) is 16.8 Å². The molecular formula is C16H13N3O3S. The van der Waals surface area contributed by atoms with Gasteiger partial charge in [-0.15, -0.1) is 0 Å². The number of aldehydes is 1. The van der Waals surface area contributed by atoms with Gasteiger partial charge in [0.2, 0.25) is 10.0 Å². The maximum absolute atomic E-state index is 11.7. The SMILES string of the molecule is NS(=O)(=O)c1cccc(-n2nccc2-c2ccccc2)c1C=O. The number of benzene rings is 2. The quantitative estimate of drug-likeness (QED) is 0.741. The first-order chi connectivity index (χ1) is 11.0. The molecular weight excluding hydrogens is 314 g/mol. The summed E-state index contributed by atoms with van der Waals surface area (Å²) in [5, 5.41) is 9.41. The van der Waals surface area contributed by atoms with Crippen LogP contribution in [0.15, 0.2) is 65.7 Å². The highest BCUT2D eigenvalue weighted by atomic mass is 32.2. The number of aromatic nitrogens is 2. The van der Waals surface area contributed by atoms with Crippen LogP contribution in [0.5, 0.6) is 0 Å². The van der Waals surface area contributed by atoms with Gasteiger partial charge in [-0.2, -0.15) is 5.10 Å². The van der Waals surface area contributed by atoms with Gasteiger partial charge in [-0.05, 0) is 18.2 Å². The van der Waals surface area contributed by atoms with Crippen molar-refractivity contribution in [2.24, 2.45) is 5.14 Å². The first kappa shape index (κ1) is 15.1. The van der Waals surface area contributed by atoms with Crippen molar-refractivity contribution in [1.82, 2.24) is 9.78 Å². The Hall–Kier alpha value is -2.77. The van der Waals surface area contributed by atoms with Gasteiger partial charge in [-0.3, -0.25) is 4.79 Å². The van der Waals surface area contributed by atoms with E-state index in [0.717, 1.165) is 11.3 Å². The minimum atomic E-state index is -4.01. The van der Waals surface area contributed by atoms with Gasteiger partial charge in [0.15, 0.2) is 6.29 Å². The Labute approximate surface area is 133 Å². The van der Waals surface area contributed by atoms with E-state index in [0.29, 0.717) is 12.0 Å². The zero-order valence-corrected chi connectivity index (χ0v) is 12.8. The molecule has 1 heterocycles. The van der Waals surface area contributed by atoms with Gasteiger partial charge >= 0.3 is 0 Å². The standard InChI is InChI=1S/C16H13N3O3S/c17-23(21,22)16-8-4-7-15(13(16)11-20)19-14(9-10-18-19)12-5-2-1-3-6-12/h1-11H,(H2,17,21,22).